The summed E-state index contributed by atoms with van der Waals surface area (Å²) >= 11 is 0. The monoisotopic (exact) mass is 163 g/mol. The van der Waals surface area contributed by atoms with Gasteiger partial charge in [-0.3, -0.25) is 9.78 Å². The van der Waals surface area contributed by atoms with Crippen LogP contribution in [0.3, 0.4) is 0 Å². The van der Waals surface area contributed by atoms with Crippen LogP contribution in [0.5, 0.6) is 0 Å². The number of carbonyl (C=O) groups is 1. The van der Waals surface area contributed by atoms with Crippen molar-refractivity contribution in [3.05, 3.63) is 29.1 Å². The Kier molecular flexibility index (Phi) is 2.58. The molecule has 0 atom stereocenters. The summed E-state index contributed by atoms with van der Waals surface area (Å²) in [5, 5.41) is 0. The molecule has 0 radical (unpaired) electrons. The van der Waals surface area contributed by atoms with E-state index in [2.05, 4.69) is 4.98 Å². The molecular formula is C10H13NO. The minimum absolute atomic E-state index is 0.0514. The molecule has 0 aliphatic heterocycles. The van der Waals surface area contributed by atoms with Gasteiger partial charge in [-0.1, -0.05) is 6.92 Å². The fourth-order valence-electron chi connectivity index (χ4n) is 1.34. The van der Waals surface area contributed by atoms with Crippen LogP contribution in [-0.2, 0) is 6.42 Å². The fraction of sp³-hybridized carbons (Fsp3) is 0.400. The number of rotatable bonds is 2. The van der Waals surface area contributed by atoms with E-state index in [1.165, 1.54) is 0 Å². The van der Waals surface area contributed by atoms with Crippen LogP contribution in [0.2, 0.25) is 0 Å². The molecule has 64 valence electrons. The van der Waals surface area contributed by atoms with Crippen molar-refractivity contribution >= 4 is 5.78 Å². The van der Waals surface area contributed by atoms with Crippen molar-refractivity contribution in [2.24, 2.45) is 0 Å². The molecule has 0 aromatic carbocycles. The fourth-order valence-corrected chi connectivity index (χ4v) is 1.34. The highest BCUT2D eigenvalue weighted by atomic mass is 16.1. The number of aryl methyl sites for hydroxylation is 1. The van der Waals surface area contributed by atoms with Crippen molar-refractivity contribution in [2.75, 3.05) is 0 Å². The summed E-state index contributed by atoms with van der Waals surface area (Å²) in [6.07, 6.45) is 2.56. The van der Waals surface area contributed by atoms with Crippen molar-refractivity contribution in [1.82, 2.24) is 4.98 Å². The molecule has 0 bridgehead atoms. The topological polar surface area (TPSA) is 30.0 Å². The highest BCUT2D eigenvalue weighted by Crippen LogP contribution is 2.12. The Labute approximate surface area is 72.6 Å². The summed E-state index contributed by atoms with van der Waals surface area (Å²) in [5.41, 5.74) is 2.85. The van der Waals surface area contributed by atoms with Crippen LogP contribution in [0.1, 0.15) is 35.5 Å². The van der Waals surface area contributed by atoms with Crippen molar-refractivity contribution in [3.8, 4) is 0 Å². The van der Waals surface area contributed by atoms with Crippen LogP contribution in [-0.4, -0.2) is 10.8 Å². The summed E-state index contributed by atoms with van der Waals surface area (Å²) in [7, 11) is 0. The molecule has 1 heterocycles. The number of hydrogen-bond donors (Lipinski definition) is 0. The number of aromatic nitrogens is 1. The number of nitrogens with zero attached hydrogens (tertiary/aromatic N) is 1. The first-order chi connectivity index (χ1) is 5.66. The van der Waals surface area contributed by atoms with Crippen molar-refractivity contribution in [1.29, 1.82) is 0 Å². The summed E-state index contributed by atoms with van der Waals surface area (Å²) < 4.78 is 0. The molecule has 12 heavy (non-hydrogen) atoms. The first-order valence-electron chi connectivity index (χ1n) is 4.12. The SMILES string of the molecule is CCc1c(C)ccnc1C(C)=O. The van der Waals surface area contributed by atoms with E-state index in [0.29, 0.717) is 5.69 Å². The van der Waals surface area contributed by atoms with E-state index in [4.69, 9.17) is 0 Å². The van der Waals surface area contributed by atoms with Crippen LogP contribution in [0, 0.1) is 6.92 Å². The third-order valence-electron chi connectivity index (χ3n) is 1.98. The zero-order valence-corrected chi connectivity index (χ0v) is 7.72. The lowest BCUT2D eigenvalue weighted by molar-refractivity contribution is 0.101. The van der Waals surface area contributed by atoms with Gasteiger partial charge >= 0.3 is 0 Å². The summed E-state index contributed by atoms with van der Waals surface area (Å²) in [6, 6.07) is 1.94. The van der Waals surface area contributed by atoms with Gasteiger partial charge in [-0.05, 0) is 30.5 Å². The van der Waals surface area contributed by atoms with Gasteiger partial charge in [0.15, 0.2) is 5.78 Å². The largest absolute Gasteiger partial charge is 0.293 e. The lowest BCUT2D eigenvalue weighted by Gasteiger charge is -2.05. The molecule has 0 aliphatic rings. The van der Waals surface area contributed by atoms with E-state index in [-0.39, 0.29) is 5.78 Å². The van der Waals surface area contributed by atoms with Gasteiger partial charge in [-0.25, -0.2) is 0 Å². The van der Waals surface area contributed by atoms with Crippen LogP contribution in [0.15, 0.2) is 12.3 Å². The Balaban J connectivity index is 3.27. The predicted octanol–water partition coefficient (Wildman–Crippen LogP) is 2.16. The number of carbonyl (C=O) groups excluding carboxylic acids is 1. The van der Waals surface area contributed by atoms with Gasteiger partial charge < -0.3 is 0 Å². The molecule has 0 amide bonds. The molecule has 0 aliphatic carbocycles. The maximum Gasteiger partial charge on any atom is 0.178 e. The van der Waals surface area contributed by atoms with E-state index >= 15 is 0 Å². The summed E-state index contributed by atoms with van der Waals surface area (Å²) in [4.78, 5) is 15.2. The lowest BCUT2D eigenvalue weighted by Crippen LogP contribution is -2.03. The Bertz CT molecular complexity index is 305. The van der Waals surface area contributed by atoms with Crippen molar-refractivity contribution in [2.45, 2.75) is 27.2 Å². The minimum atomic E-state index is 0.0514. The molecule has 1 aromatic heterocycles. The minimum Gasteiger partial charge on any atom is -0.293 e. The second kappa shape index (κ2) is 3.48. The molecule has 2 heteroatoms. The first kappa shape index (κ1) is 8.91. The third-order valence-corrected chi connectivity index (χ3v) is 1.98. The molecule has 0 saturated carbocycles. The Morgan fingerprint density at radius 1 is 1.58 bits per heavy atom. The van der Waals surface area contributed by atoms with Gasteiger partial charge in [-0.2, -0.15) is 0 Å². The second-order valence-corrected chi connectivity index (χ2v) is 2.86. The van der Waals surface area contributed by atoms with Crippen LogP contribution in [0.25, 0.3) is 0 Å². The maximum absolute atomic E-state index is 11.1. The quantitative estimate of drug-likeness (QED) is 0.625. The number of pyridine rings is 1. The molecule has 0 N–H and O–H groups in total. The highest BCUT2D eigenvalue weighted by Gasteiger charge is 2.08. The van der Waals surface area contributed by atoms with E-state index in [0.717, 1.165) is 17.5 Å². The number of hydrogen-bond acceptors (Lipinski definition) is 2. The molecule has 1 aromatic rings. The highest BCUT2D eigenvalue weighted by molar-refractivity contribution is 5.93. The van der Waals surface area contributed by atoms with Gasteiger partial charge in [0, 0.05) is 13.1 Å². The van der Waals surface area contributed by atoms with E-state index < -0.39 is 0 Å². The molecule has 0 unspecified atom stereocenters. The molecule has 0 spiro atoms. The average Bonchev–Trinajstić information content (AvgIpc) is 2.03. The number of ketones is 1. The van der Waals surface area contributed by atoms with E-state index in [1.807, 2.05) is 19.9 Å². The lowest BCUT2D eigenvalue weighted by atomic mass is 10.0. The van der Waals surface area contributed by atoms with Gasteiger partial charge in [0.2, 0.25) is 0 Å². The second-order valence-electron chi connectivity index (χ2n) is 2.86. The smallest absolute Gasteiger partial charge is 0.178 e. The maximum atomic E-state index is 11.1. The Morgan fingerprint density at radius 3 is 2.67 bits per heavy atom. The Morgan fingerprint density at radius 2 is 2.25 bits per heavy atom. The van der Waals surface area contributed by atoms with Gasteiger partial charge in [0.25, 0.3) is 0 Å². The standard InChI is InChI=1S/C10H13NO/c1-4-9-7(2)5-6-11-10(9)8(3)12/h5-6H,4H2,1-3H3. The molecule has 2 nitrogen and oxygen atoms in total. The normalized spacial score (nSPS) is 9.92. The average molecular weight is 163 g/mol. The third kappa shape index (κ3) is 1.52. The van der Waals surface area contributed by atoms with Gasteiger partial charge in [0.1, 0.15) is 5.69 Å². The summed E-state index contributed by atoms with van der Waals surface area (Å²) in [5.74, 6) is 0.0514. The van der Waals surface area contributed by atoms with Crippen molar-refractivity contribution in [3.63, 3.8) is 0 Å². The molecule has 1 rings (SSSR count). The van der Waals surface area contributed by atoms with E-state index in [1.54, 1.807) is 13.1 Å². The zero-order valence-electron chi connectivity index (χ0n) is 7.72. The summed E-state index contributed by atoms with van der Waals surface area (Å²) in [6.45, 7) is 5.60. The molecular weight excluding hydrogens is 150 g/mol. The van der Waals surface area contributed by atoms with Crippen LogP contribution in [0.4, 0.5) is 0 Å². The molecule has 0 fully saturated rings. The predicted molar refractivity (Wildman–Crippen MR) is 48.4 cm³/mol. The first-order valence-corrected chi connectivity index (χ1v) is 4.12. The van der Waals surface area contributed by atoms with E-state index in [9.17, 15) is 4.79 Å². The number of Topliss-reactive ketones (excluding diaryl/α,β-unsaturated/α-hetero) is 1. The Hall–Kier alpha value is -1.18. The molecule has 0 saturated heterocycles. The van der Waals surface area contributed by atoms with Crippen LogP contribution >= 0.6 is 0 Å². The van der Waals surface area contributed by atoms with Crippen LogP contribution < -0.4 is 0 Å². The zero-order chi connectivity index (χ0) is 9.14. The van der Waals surface area contributed by atoms with Gasteiger partial charge in [0.05, 0.1) is 0 Å². The van der Waals surface area contributed by atoms with Crippen molar-refractivity contribution < 1.29 is 4.79 Å². The van der Waals surface area contributed by atoms with Gasteiger partial charge in [-0.15, -0.1) is 0 Å².